The van der Waals surface area contributed by atoms with Crippen molar-refractivity contribution in [2.45, 2.75) is 32.8 Å². The molecular weight excluding hydrogens is 206 g/mol. The molecule has 96 valence electrons. The highest BCUT2D eigenvalue weighted by Crippen LogP contribution is 2.35. The number of hydrogen-bond acceptors (Lipinski definition) is 4. The van der Waals surface area contributed by atoms with E-state index in [0.717, 1.165) is 6.61 Å². The summed E-state index contributed by atoms with van der Waals surface area (Å²) in [5, 5.41) is 8.49. The van der Waals surface area contributed by atoms with Gasteiger partial charge < -0.3 is 14.7 Å². The first-order valence-corrected chi connectivity index (χ1v) is 6.16. The summed E-state index contributed by atoms with van der Waals surface area (Å²) in [6, 6.07) is 0. The summed E-state index contributed by atoms with van der Waals surface area (Å²) in [5.41, 5.74) is 2.12. The van der Waals surface area contributed by atoms with Crippen LogP contribution < -0.4 is 5.48 Å². The van der Waals surface area contributed by atoms with E-state index < -0.39 is 0 Å². The van der Waals surface area contributed by atoms with E-state index in [1.165, 1.54) is 12.8 Å². The minimum absolute atomic E-state index is 0.321. The predicted octanol–water partition coefficient (Wildman–Crippen LogP) is 1.68. The van der Waals surface area contributed by atoms with E-state index in [4.69, 9.17) is 14.7 Å². The van der Waals surface area contributed by atoms with Crippen LogP contribution in [0.2, 0.25) is 0 Å². The van der Waals surface area contributed by atoms with Crippen LogP contribution in [0.3, 0.4) is 0 Å². The van der Waals surface area contributed by atoms with Gasteiger partial charge in [-0.05, 0) is 30.6 Å². The highest BCUT2D eigenvalue weighted by Gasteiger charge is 2.33. The van der Waals surface area contributed by atoms with Gasteiger partial charge in [0.15, 0.2) is 0 Å². The van der Waals surface area contributed by atoms with Crippen LogP contribution in [0.1, 0.15) is 26.7 Å². The molecule has 2 N–H and O–H groups in total. The van der Waals surface area contributed by atoms with Gasteiger partial charge in [-0.25, -0.2) is 5.48 Å². The smallest absolute Gasteiger partial charge is 0.0627 e. The van der Waals surface area contributed by atoms with Crippen molar-refractivity contribution in [3.05, 3.63) is 0 Å². The van der Waals surface area contributed by atoms with Crippen molar-refractivity contribution in [2.24, 2.45) is 17.8 Å². The second kappa shape index (κ2) is 7.22. The van der Waals surface area contributed by atoms with E-state index in [1.54, 1.807) is 7.11 Å². The van der Waals surface area contributed by atoms with Gasteiger partial charge in [-0.1, -0.05) is 13.8 Å². The normalized spacial score (nSPS) is 35.2. The monoisotopic (exact) mass is 231 g/mol. The quantitative estimate of drug-likeness (QED) is 0.539. The molecule has 4 nitrogen and oxygen atoms in total. The van der Waals surface area contributed by atoms with Crippen LogP contribution in [0.25, 0.3) is 0 Å². The van der Waals surface area contributed by atoms with Crippen LogP contribution in [0, 0.1) is 17.8 Å². The Bertz CT molecular complexity index is 177. The second-order valence-electron chi connectivity index (χ2n) is 4.99. The number of ether oxygens (including phenoxy) is 2. The SMILES string of the molecule is COCC1CC(C)C(OCCNO)C(C)C1. The summed E-state index contributed by atoms with van der Waals surface area (Å²) in [5.74, 6) is 1.82. The molecule has 0 aliphatic heterocycles. The molecule has 0 bridgehead atoms. The Labute approximate surface area is 98.3 Å². The van der Waals surface area contributed by atoms with Crippen molar-refractivity contribution in [1.82, 2.24) is 5.48 Å². The molecule has 0 aromatic heterocycles. The fourth-order valence-electron chi connectivity index (χ4n) is 2.92. The fourth-order valence-corrected chi connectivity index (χ4v) is 2.92. The molecule has 0 aromatic rings. The number of hydrogen-bond donors (Lipinski definition) is 2. The van der Waals surface area contributed by atoms with Crippen LogP contribution in [-0.2, 0) is 9.47 Å². The van der Waals surface area contributed by atoms with E-state index in [2.05, 4.69) is 19.3 Å². The van der Waals surface area contributed by atoms with E-state index >= 15 is 0 Å². The van der Waals surface area contributed by atoms with Gasteiger partial charge in [-0.2, -0.15) is 0 Å². The van der Waals surface area contributed by atoms with Gasteiger partial charge in [0.05, 0.1) is 12.7 Å². The molecule has 1 aliphatic rings. The lowest BCUT2D eigenvalue weighted by atomic mass is 9.75. The zero-order valence-corrected chi connectivity index (χ0v) is 10.6. The average molecular weight is 231 g/mol. The molecule has 0 aromatic carbocycles. The molecule has 2 unspecified atom stereocenters. The average Bonchev–Trinajstić information content (AvgIpc) is 2.23. The van der Waals surface area contributed by atoms with Crippen molar-refractivity contribution in [1.29, 1.82) is 0 Å². The molecule has 1 saturated carbocycles. The maximum absolute atomic E-state index is 8.49. The van der Waals surface area contributed by atoms with Crippen molar-refractivity contribution in [3.63, 3.8) is 0 Å². The lowest BCUT2D eigenvalue weighted by molar-refractivity contribution is -0.0629. The van der Waals surface area contributed by atoms with Gasteiger partial charge in [-0.3, -0.25) is 0 Å². The summed E-state index contributed by atoms with van der Waals surface area (Å²) in [6.45, 7) is 6.42. The summed E-state index contributed by atoms with van der Waals surface area (Å²) < 4.78 is 11.0. The zero-order valence-electron chi connectivity index (χ0n) is 10.6. The Morgan fingerprint density at radius 2 is 1.88 bits per heavy atom. The van der Waals surface area contributed by atoms with Gasteiger partial charge in [0, 0.05) is 20.3 Å². The first-order chi connectivity index (χ1) is 7.69. The van der Waals surface area contributed by atoms with Gasteiger partial charge in [0.25, 0.3) is 0 Å². The molecule has 1 rings (SSSR count). The van der Waals surface area contributed by atoms with Gasteiger partial charge in [0.2, 0.25) is 0 Å². The summed E-state index contributed by atoms with van der Waals surface area (Å²) >= 11 is 0. The predicted molar refractivity (Wildman–Crippen MR) is 62.5 cm³/mol. The van der Waals surface area contributed by atoms with Crippen LogP contribution >= 0.6 is 0 Å². The Hall–Kier alpha value is -0.160. The highest BCUT2D eigenvalue weighted by atomic mass is 16.5. The maximum Gasteiger partial charge on any atom is 0.0627 e. The standard InChI is InChI=1S/C12H25NO3/c1-9-6-11(8-15-3)7-10(2)12(9)16-5-4-13-14/h9-14H,4-8H2,1-3H3. The summed E-state index contributed by atoms with van der Waals surface area (Å²) in [4.78, 5) is 0. The molecule has 0 radical (unpaired) electrons. The third kappa shape index (κ3) is 4.01. The zero-order chi connectivity index (χ0) is 12.0. The molecule has 0 heterocycles. The van der Waals surface area contributed by atoms with Crippen LogP contribution in [0.5, 0.6) is 0 Å². The molecule has 4 heteroatoms. The van der Waals surface area contributed by atoms with Crippen molar-refractivity contribution in [2.75, 3.05) is 26.9 Å². The number of nitrogens with one attached hydrogen (secondary N) is 1. The Kier molecular flexibility index (Phi) is 6.28. The highest BCUT2D eigenvalue weighted by molar-refractivity contribution is 4.83. The lowest BCUT2D eigenvalue weighted by Gasteiger charge is -2.38. The molecule has 1 fully saturated rings. The number of hydroxylamine groups is 1. The van der Waals surface area contributed by atoms with Crippen molar-refractivity contribution in [3.8, 4) is 0 Å². The van der Waals surface area contributed by atoms with Crippen molar-refractivity contribution >= 4 is 0 Å². The van der Waals surface area contributed by atoms with Gasteiger partial charge in [-0.15, -0.1) is 0 Å². The van der Waals surface area contributed by atoms with E-state index in [9.17, 15) is 0 Å². The minimum Gasteiger partial charge on any atom is -0.384 e. The molecule has 2 atom stereocenters. The van der Waals surface area contributed by atoms with E-state index in [0.29, 0.717) is 37.0 Å². The van der Waals surface area contributed by atoms with E-state index in [-0.39, 0.29) is 0 Å². The first-order valence-electron chi connectivity index (χ1n) is 6.16. The molecule has 0 amide bonds. The lowest BCUT2D eigenvalue weighted by Crippen LogP contribution is -2.38. The largest absolute Gasteiger partial charge is 0.384 e. The molecule has 0 spiro atoms. The van der Waals surface area contributed by atoms with Gasteiger partial charge in [0.1, 0.15) is 0 Å². The first kappa shape index (κ1) is 13.9. The molecule has 1 aliphatic carbocycles. The minimum atomic E-state index is 0.321. The van der Waals surface area contributed by atoms with Crippen LogP contribution in [0.4, 0.5) is 0 Å². The third-order valence-corrected chi connectivity index (χ3v) is 3.46. The van der Waals surface area contributed by atoms with E-state index in [1.807, 2.05) is 0 Å². The third-order valence-electron chi connectivity index (χ3n) is 3.46. The Morgan fingerprint density at radius 3 is 2.38 bits per heavy atom. The summed E-state index contributed by atoms with van der Waals surface area (Å²) in [6.07, 6.45) is 2.67. The molecular formula is C12H25NO3. The molecule has 0 saturated heterocycles. The van der Waals surface area contributed by atoms with Crippen molar-refractivity contribution < 1.29 is 14.7 Å². The topological polar surface area (TPSA) is 50.7 Å². The summed E-state index contributed by atoms with van der Waals surface area (Å²) in [7, 11) is 1.77. The second-order valence-corrected chi connectivity index (χ2v) is 4.99. The number of methoxy groups -OCH3 is 1. The van der Waals surface area contributed by atoms with Gasteiger partial charge >= 0.3 is 0 Å². The van der Waals surface area contributed by atoms with Crippen LogP contribution in [-0.4, -0.2) is 38.2 Å². The Morgan fingerprint density at radius 1 is 1.25 bits per heavy atom. The molecule has 16 heavy (non-hydrogen) atoms. The van der Waals surface area contributed by atoms with Crippen LogP contribution in [0.15, 0.2) is 0 Å². The number of rotatable bonds is 6. The Balaban J connectivity index is 2.36. The fraction of sp³-hybridized carbons (Fsp3) is 1.00. The maximum atomic E-state index is 8.49.